The Balaban J connectivity index is 2.39. The fourth-order valence-corrected chi connectivity index (χ4v) is 1.42. The number of nitrogens with zero attached hydrogens (tertiary/aromatic N) is 1. The van der Waals surface area contributed by atoms with Crippen LogP contribution in [-0.2, 0) is 0 Å². The third-order valence-corrected chi connectivity index (χ3v) is 2.00. The van der Waals surface area contributed by atoms with Gasteiger partial charge in [-0.2, -0.15) is 4.52 Å². The largest absolute Gasteiger partial charge is 0.282 e. The van der Waals surface area contributed by atoms with Gasteiger partial charge in [0.2, 0.25) is 5.76 Å². The van der Waals surface area contributed by atoms with Gasteiger partial charge in [-0.3, -0.25) is 0 Å². The van der Waals surface area contributed by atoms with Crippen molar-refractivity contribution in [2.75, 3.05) is 0 Å². The molecule has 0 amide bonds. The number of hydrogen-bond acceptors (Lipinski definition) is 2. The Morgan fingerprint density at radius 3 is 3.08 bits per heavy atom. The Labute approximate surface area is 69.9 Å². The van der Waals surface area contributed by atoms with E-state index in [9.17, 15) is 4.91 Å². The molecule has 0 unspecified atom stereocenters. The lowest BCUT2D eigenvalue weighted by Gasteiger charge is -1.91. The van der Waals surface area contributed by atoms with E-state index in [0.717, 1.165) is 18.4 Å². The van der Waals surface area contributed by atoms with Crippen molar-refractivity contribution in [3.8, 4) is 0 Å². The van der Waals surface area contributed by atoms with Crippen molar-refractivity contribution in [3.05, 3.63) is 35.1 Å². The first-order valence-electron chi connectivity index (χ1n) is 4.08. The fourth-order valence-electron chi connectivity index (χ4n) is 1.42. The standard InChI is InChI=1S/C9H10NO2/c11-10-7-3-6-9(12-10)8-4-1-2-5-8/h3-4,6-7H,1-2,5H2/q+1. The van der Waals surface area contributed by atoms with E-state index in [1.807, 2.05) is 6.07 Å². The predicted octanol–water partition coefficient (Wildman–Crippen LogP) is 1.76. The monoisotopic (exact) mass is 164 g/mol. The molecule has 1 heterocycles. The zero-order valence-electron chi connectivity index (χ0n) is 6.69. The minimum atomic E-state index is 0.481. The third kappa shape index (κ3) is 1.30. The quantitative estimate of drug-likeness (QED) is 0.634. The van der Waals surface area contributed by atoms with E-state index in [1.54, 1.807) is 6.07 Å². The molecule has 0 saturated carbocycles. The molecule has 0 fully saturated rings. The van der Waals surface area contributed by atoms with Crippen LogP contribution in [0.4, 0.5) is 0 Å². The first kappa shape index (κ1) is 7.28. The highest BCUT2D eigenvalue weighted by Crippen LogP contribution is 2.25. The summed E-state index contributed by atoms with van der Waals surface area (Å²) in [6.45, 7) is 0. The van der Waals surface area contributed by atoms with Crippen LogP contribution in [0.3, 0.4) is 0 Å². The molecule has 1 aromatic heterocycles. The minimum absolute atomic E-state index is 0.481. The van der Waals surface area contributed by atoms with Crippen molar-refractivity contribution in [1.29, 1.82) is 0 Å². The van der Waals surface area contributed by atoms with Crippen LogP contribution in [-0.4, -0.2) is 0 Å². The van der Waals surface area contributed by atoms with Crippen molar-refractivity contribution < 1.29 is 9.12 Å². The van der Waals surface area contributed by atoms with Gasteiger partial charge in [0.1, 0.15) is 0 Å². The Bertz CT molecular complexity index is 365. The molecule has 0 N–H and O–H groups in total. The van der Waals surface area contributed by atoms with Crippen molar-refractivity contribution in [2.45, 2.75) is 19.3 Å². The summed E-state index contributed by atoms with van der Waals surface area (Å²) in [5.74, 6) is 0.699. The van der Waals surface area contributed by atoms with Gasteiger partial charge in [-0.1, -0.05) is 6.08 Å². The summed E-state index contributed by atoms with van der Waals surface area (Å²) in [6.07, 6.45) is 6.75. The molecule has 0 bridgehead atoms. The minimum Gasteiger partial charge on any atom is -0.186 e. The summed E-state index contributed by atoms with van der Waals surface area (Å²) < 4.78 is 5.43. The molecule has 0 saturated heterocycles. The van der Waals surface area contributed by atoms with Gasteiger partial charge in [0.25, 0.3) is 10.8 Å². The first-order valence-corrected chi connectivity index (χ1v) is 4.08. The second-order valence-electron chi connectivity index (χ2n) is 2.87. The smallest absolute Gasteiger partial charge is 0.186 e. The number of allylic oxidation sites excluding steroid dienone is 2. The molecule has 1 aliphatic carbocycles. The summed E-state index contributed by atoms with van der Waals surface area (Å²) in [7, 11) is 0. The first-order chi connectivity index (χ1) is 5.86. The molecular weight excluding hydrogens is 154 g/mol. The van der Waals surface area contributed by atoms with Crippen molar-refractivity contribution >= 4 is 5.57 Å². The van der Waals surface area contributed by atoms with E-state index in [2.05, 4.69) is 6.08 Å². The van der Waals surface area contributed by atoms with Crippen LogP contribution in [0.25, 0.3) is 5.57 Å². The number of aromatic nitrogens is 1. The van der Waals surface area contributed by atoms with Crippen molar-refractivity contribution in [1.82, 2.24) is 0 Å². The Kier molecular flexibility index (Phi) is 1.78. The topological polar surface area (TPSA) is 36.1 Å². The van der Waals surface area contributed by atoms with E-state index in [1.165, 1.54) is 12.6 Å². The van der Waals surface area contributed by atoms with Gasteiger partial charge in [0.15, 0.2) is 0 Å². The summed E-state index contributed by atoms with van der Waals surface area (Å²) in [5.41, 5.74) is 1.15. The maximum Gasteiger partial charge on any atom is 0.282 e. The van der Waals surface area contributed by atoms with Gasteiger partial charge in [-0.15, -0.1) is 0 Å². The molecule has 1 aromatic rings. The average Bonchev–Trinajstić information content (AvgIpc) is 2.56. The SMILES string of the molecule is O=[n+]1cccc(C2=CCCC2)o1. The molecule has 3 heteroatoms. The highest BCUT2D eigenvalue weighted by Gasteiger charge is 2.11. The van der Waals surface area contributed by atoms with Crippen LogP contribution in [0.5, 0.6) is 0 Å². The van der Waals surface area contributed by atoms with Crippen LogP contribution in [0.2, 0.25) is 0 Å². The van der Waals surface area contributed by atoms with E-state index in [4.69, 9.17) is 4.52 Å². The molecule has 1 aliphatic rings. The summed E-state index contributed by atoms with van der Waals surface area (Å²) >= 11 is 0. The molecule has 0 radical (unpaired) electrons. The van der Waals surface area contributed by atoms with Crippen LogP contribution >= 0.6 is 0 Å². The normalized spacial score (nSPS) is 16.2. The number of hydrogen-bond donors (Lipinski definition) is 0. The second-order valence-corrected chi connectivity index (χ2v) is 2.87. The number of rotatable bonds is 1. The molecule has 3 nitrogen and oxygen atoms in total. The van der Waals surface area contributed by atoms with E-state index in [-0.39, 0.29) is 0 Å². The summed E-state index contributed by atoms with van der Waals surface area (Å²) in [4.78, 5) is 10.8. The maximum absolute atomic E-state index is 10.8. The fraction of sp³-hybridized carbons (Fsp3) is 0.333. The molecule has 0 aliphatic heterocycles. The Morgan fingerprint density at radius 2 is 2.42 bits per heavy atom. The van der Waals surface area contributed by atoms with Crippen molar-refractivity contribution in [2.24, 2.45) is 0 Å². The highest BCUT2D eigenvalue weighted by atomic mass is 16.6. The van der Waals surface area contributed by atoms with Crippen LogP contribution < -0.4 is 4.60 Å². The van der Waals surface area contributed by atoms with Gasteiger partial charge < -0.3 is 0 Å². The highest BCUT2D eigenvalue weighted by molar-refractivity contribution is 5.62. The van der Waals surface area contributed by atoms with E-state index < -0.39 is 0 Å². The molecule has 0 aromatic carbocycles. The maximum atomic E-state index is 10.8. The predicted molar refractivity (Wildman–Crippen MR) is 43.9 cm³/mol. The lowest BCUT2D eigenvalue weighted by molar-refractivity contribution is -0.708. The summed E-state index contributed by atoms with van der Waals surface area (Å²) in [6, 6.07) is 3.52. The summed E-state index contributed by atoms with van der Waals surface area (Å²) in [5, 5.41) is 0. The van der Waals surface area contributed by atoms with Crippen LogP contribution in [0.15, 0.2) is 28.9 Å². The molecule has 0 atom stereocenters. The van der Waals surface area contributed by atoms with Gasteiger partial charge in [0.05, 0.1) is 4.91 Å². The Hall–Kier alpha value is -1.38. The molecular formula is C9H10NO2+. The lowest BCUT2D eigenvalue weighted by Crippen LogP contribution is -2.11. The second kappa shape index (κ2) is 2.93. The van der Waals surface area contributed by atoms with Crippen molar-refractivity contribution in [3.63, 3.8) is 0 Å². The average molecular weight is 164 g/mol. The molecule has 2 rings (SSSR count). The van der Waals surface area contributed by atoms with E-state index >= 15 is 0 Å². The lowest BCUT2D eigenvalue weighted by atomic mass is 10.2. The van der Waals surface area contributed by atoms with Crippen LogP contribution in [0, 0.1) is 4.91 Å². The van der Waals surface area contributed by atoms with Gasteiger partial charge in [-0.25, -0.2) is 0 Å². The molecule has 0 spiro atoms. The zero-order valence-corrected chi connectivity index (χ0v) is 6.69. The molecule has 12 heavy (non-hydrogen) atoms. The third-order valence-electron chi connectivity index (χ3n) is 2.00. The Morgan fingerprint density at radius 1 is 1.50 bits per heavy atom. The van der Waals surface area contributed by atoms with E-state index in [0.29, 0.717) is 10.4 Å². The zero-order chi connectivity index (χ0) is 8.39. The van der Waals surface area contributed by atoms with Gasteiger partial charge in [0, 0.05) is 6.07 Å². The molecule has 62 valence electrons. The van der Waals surface area contributed by atoms with Gasteiger partial charge in [-0.05, 0) is 30.9 Å². The van der Waals surface area contributed by atoms with Gasteiger partial charge >= 0.3 is 0 Å². The van der Waals surface area contributed by atoms with Crippen LogP contribution in [0.1, 0.15) is 25.0 Å².